The quantitative estimate of drug-likeness (QED) is 0.148. The zero-order valence-corrected chi connectivity index (χ0v) is 30.5. The van der Waals surface area contributed by atoms with E-state index in [1.807, 2.05) is 6.08 Å². The first kappa shape index (κ1) is 32.0. The van der Waals surface area contributed by atoms with Crippen molar-refractivity contribution in [1.29, 1.82) is 0 Å². The Morgan fingerprint density at radius 1 is 0.558 bits per heavy atom. The highest BCUT2D eigenvalue weighted by Crippen LogP contribution is 2.63. The van der Waals surface area contributed by atoms with Crippen LogP contribution in [-0.2, 0) is 5.41 Å². The molecule has 0 aliphatic heterocycles. The van der Waals surface area contributed by atoms with Crippen molar-refractivity contribution in [3.63, 3.8) is 0 Å². The van der Waals surface area contributed by atoms with Gasteiger partial charge in [0.25, 0.3) is 0 Å². The largest absolute Gasteiger partial charge is 0.310 e. The van der Waals surface area contributed by atoms with Crippen LogP contribution in [0.2, 0.25) is 0 Å². The van der Waals surface area contributed by atoms with Gasteiger partial charge in [-0.3, -0.25) is 0 Å². The number of allylic oxidation sites excluding steroid dienone is 5. The normalized spacial score (nSPS) is 13.5. The van der Waals surface area contributed by atoms with Gasteiger partial charge in [-0.05, 0) is 111 Å². The minimum absolute atomic E-state index is 0.426. The molecule has 1 nitrogen and oxygen atoms in total. The number of anilines is 3. The lowest BCUT2D eigenvalue weighted by Gasteiger charge is -2.32. The van der Waals surface area contributed by atoms with Crippen molar-refractivity contribution in [2.45, 2.75) is 12.3 Å². The minimum Gasteiger partial charge on any atom is -0.310 e. The van der Waals surface area contributed by atoms with Crippen molar-refractivity contribution in [1.82, 2.24) is 0 Å². The number of rotatable bonds is 7. The molecule has 0 unspecified atom stereocenters. The standard InChI is InChI=1S/C50H36BrN/c1-3-13-36(14-4-2)40-15-8-12-22-49(40)52(38-29-25-35(26-30-38)34-23-27-37(51)28-24-34)39-31-32-44-43-18-7-11-21-47(43)50(48(44)33-39)45-19-9-5-16-41(45)42-17-6-10-20-46(42)50/h3-33H,1H2,2H3/b14-4-,36-13+. The molecule has 0 N–H and O–H groups in total. The first-order valence-electron chi connectivity index (χ1n) is 17.8. The Labute approximate surface area is 314 Å². The first-order valence-corrected chi connectivity index (χ1v) is 18.6. The topological polar surface area (TPSA) is 3.24 Å². The molecule has 1 spiro atoms. The van der Waals surface area contributed by atoms with E-state index < -0.39 is 5.41 Å². The molecule has 2 aliphatic rings. The molecule has 0 atom stereocenters. The molecule has 7 aromatic rings. The van der Waals surface area contributed by atoms with Crippen LogP contribution in [-0.4, -0.2) is 0 Å². The molecule has 0 heterocycles. The average Bonchev–Trinajstić information content (AvgIpc) is 3.66. The van der Waals surface area contributed by atoms with Crippen molar-refractivity contribution >= 4 is 38.6 Å². The van der Waals surface area contributed by atoms with Crippen LogP contribution in [0.5, 0.6) is 0 Å². The Hall–Kier alpha value is -5.96. The van der Waals surface area contributed by atoms with Gasteiger partial charge in [0.15, 0.2) is 0 Å². The number of para-hydroxylation sites is 1. The molecule has 0 amide bonds. The van der Waals surface area contributed by atoms with Gasteiger partial charge in [0, 0.05) is 21.4 Å². The zero-order valence-electron chi connectivity index (χ0n) is 28.9. The number of halogens is 1. The second kappa shape index (κ2) is 13.0. The Morgan fingerprint density at radius 2 is 1.06 bits per heavy atom. The maximum absolute atomic E-state index is 4.05. The molecular formula is C50H36BrN. The highest BCUT2D eigenvalue weighted by atomic mass is 79.9. The van der Waals surface area contributed by atoms with E-state index in [4.69, 9.17) is 0 Å². The molecule has 0 saturated heterocycles. The van der Waals surface area contributed by atoms with Crippen LogP contribution in [0.1, 0.15) is 34.7 Å². The molecule has 2 aliphatic carbocycles. The van der Waals surface area contributed by atoms with Crippen molar-refractivity contribution in [2.24, 2.45) is 0 Å². The van der Waals surface area contributed by atoms with Crippen LogP contribution in [0.15, 0.2) is 199 Å². The monoisotopic (exact) mass is 729 g/mol. The van der Waals surface area contributed by atoms with Gasteiger partial charge in [-0.15, -0.1) is 0 Å². The van der Waals surface area contributed by atoms with Crippen LogP contribution in [0.25, 0.3) is 39.0 Å². The Kier molecular flexibility index (Phi) is 7.98. The molecular weight excluding hydrogens is 694 g/mol. The summed E-state index contributed by atoms with van der Waals surface area (Å²) in [7, 11) is 0. The molecule has 0 fully saturated rings. The van der Waals surface area contributed by atoms with Gasteiger partial charge < -0.3 is 4.90 Å². The van der Waals surface area contributed by atoms with E-state index in [0.29, 0.717) is 0 Å². The van der Waals surface area contributed by atoms with Gasteiger partial charge in [-0.1, -0.05) is 168 Å². The fraction of sp³-hybridized carbons (Fsp3) is 0.0400. The van der Waals surface area contributed by atoms with E-state index in [1.54, 1.807) is 0 Å². The van der Waals surface area contributed by atoms with Crippen molar-refractivity contribution in [3.8, 4) is 33.4 Å². The summed E-state index contributed by atoms with van der Waals surface area (Å²) >= 11 is 3.59. The minimum atomic E-state index is -0.426. The predicted octanol–water partition coefficient (Wildman–Crippen LogP) is 14.1. The van der Waals surface area contributed by atoms with Gasteiger partial charge in [-0.25, -0.2) is 0 Å². The molecule has 7 aromatic carbocycles. The molecule has 9 rings (SSSR count). The number of benzene rings is 7. The second-order valence-electron chi connectivity index (χ2n) is 13.4. The van der Waals surface area contributed by atoms with E-state index in [9.17, 15) is 0 Å². The van der Waals surface area contributed by atoms with Crippen LogP contribution in [0, 0.1) is 0 Å². The summed E-state index contributed by atoms with van der Waals surface area (Å²) in [5.41, 5.74) is 18.0. The van der Waals surface area contributed by atoms with Crippen LogP contribution in [0.4, 0.5) is 17.1 Å². The zero-order chi connectivity index (χ0) is 35.2. The molecule has 2 heteroatoms. The smallest absolute Gasteiger partial charge is 0.0726 e. The lowest BCUT2D eigenvalue weighted by molar-refractivity contribution is 0.793. The van der Waals surface area contributed by atoms with Gasteiger partial charge in [0.1, 0.15) is 0 Å². The third-order valence-electron chi connectivity index (χ3n) is 10.6. The maximum atomic E-state index is 4.05. The fourth-order valence-corrected chi connectivity index (χ4v) is 8.81. The van der Waals surface area contributed by atoms with E-state index in [2.05, 4.69) is 216 Å². The SMILES string of the molecule is C=C/C=C(\C=C/C)c1ccccc1N(c1ccc(-c2ccc(Br)cc2)cc1)c1ccc2c(c1)C1(c3ccccc3-c3ccccc31)c1ccccc1-2. The Morgan fingerprint density at radius 3 is 1.63 bits per heavy atom. The van der Waals surface area contributed by atoms with E-state index in [0.717, 1.165) is 32.7 Å². The molecule has 0 saturated carbocycles. The van der Waals surface area contributed by atoms with Gasteiger partial charge in [-0.2, -0.15) is 0 Å². The lowest BCUT2D eigenvalue weighted by atomic mass is 9.70. The van der Waals surface area contributed by atoms with Crippen molar-refractivity contribution in [2.75, 3.05) is 4.90 Å². The van der Waals surface area contributed by atoms with Gasteiger partial charge in [0.05, 0.1) is 11.1 Å². The summed E-state index contributed by atoms with van der Waals surface area (Å²) in [5, 5.41) is 0. The predicted molar refractivity (Wildman–Crippen MR) is 224 cm³/mol. The summed E-state index contributed by atoms with van der Waals surface area (Å²) < 4.78 is 1.07. The van der Waals surface area contributed by atoms with Crippen molar-refractivity contribution < 1.29 is 0 Å². The van der Waals surface area contributed by atoms with E-state index >= 15 is 0 Å². The second-order valence-corrected chi connectivity index (χ2v) is 14.3. The summed E-state index contributed by atoms with van der Waals surface area (Å²) in [6.07, 6.45) is 8.22. The van der Waals surface area contributed by atoms with E-state index in [1.165, 1.54) is 55.6 Å². The molecule has 248 valence electrons. The first-order chi connectivity index (χ1) is 25.6. The van der Waals surface area contributed by atoms with Crippen molar-refractivity contribution in [3.05, 3.63) is 227 Å². The Balaban J connectivity index is 1.30. The molecule has 0 bridgehead atoms. The fourth-order valence-electron chi connectivity index (χ4n) is 8.55. The molecule has 0 aromatic heterocycles. The van der Waals surface area contributed by atoms with Gasteiger partial charge >= 0.3 is 0 Å². The summed E-state index contributed by atoms with van der Waals surface area (Å²) in [6, 6.07) is 60.3. The third-order valence-corrected chi connectivity index (χ3v) is 11.2. The Bertz CT molecular complexity index is 2490. The van der Waals surface area contributed by atoms with Crippen LogP contribution in [0.3, 0.4) is 0 Å². The van der Waals surface area contributed by atoms with Crippen LogP contribution >= 0.6 is 15.9 Å². The number of hydrogen-bond acceptors (Lipinski definition) is 1. The third kappa shape index (κ3) is 4.90. The lowest BCUT2D eigenvalue weighted by Crippen LogP contribution is -2.26. The van der Waals surface area contributed by atoms with Crippen LogP contribution < -0.4 is 4.90 Å². The number of hydrogen-bond donors (Lipinski definition) is 0. The maximum Gasteiger partial charge on any atom is 0.0726 e. The highest BCUT2D eigenvalue weighted by molar-refractivity contribution is 9.10. The number of fused-ring (bicyclic) bond motifs is 10. The highest BCUT2D eigenvalue weighted by Gasteiger charge is 2.51. The average molecular weight is 731 g/mol. The molecule has 0 radical (unpaired) electrons. The summed E-state index contributed by atoms with van der Waals surface area (Å²) in [4.78, 5) is 2.42. The van der Waals surface area contributed by atoms with Gasteiger partial charge in [0.2, 0.25) is 0 Å². The summed E-state index contributed by atoms with van der Waals surface area (Å²) in [5.74, 6) is 0. The van der Waals surface area contributed by atoms with E-state index in [-0.39, 0.29) is 0 Å². The number of nitrogens with zero attached hydrogens (tertiary/aromatic N) is 1. The molecule has 52 heavy (non-hydrogen) atoms. The summed E-state index contributed by atoms with van der Waals surface area (Å²) in [6.45, 7) is 6.12.